The van der Waals surface area contributed by atoms with E-state index in [9.17, 15) is 4.39 Å². The molecular formula is C19H15BrFN3S2. The van der Waals surface area contributed by atoms with Crippen molar-refractivity contribution in [3.63, 3.8) is 0 Å². The molecule has 26 heavy (non-hydrogen) atoms. The standard InChI is InChI=1S/C19H15BrFN3S2/c1-11-10-12(5-6-13(11)21)24-18(15-7-8-16(20)26-15)17(23-19(24)25)14-4-2-3-9-22-14/h2-10,17-18H,1H3,(H,23,25)/t17-,18-/m1/s1. The molecule has 7 heteroatoms. The number of thiocarbonyl (C=S) groups is 1. The second kappa shape index (κ2) is 7.06. The average Bonchev–Trinajstić information content (AvgIpc) is 3.21. The monoisotopic (exact) mass is 447 g/mol. The number of nitrogens with zero attached hydrogens (tertiary/aromatic N) is 2. The largest absolute Gasteiger partial charge is 0.351 e. The molecule has 0 amide bonds. The highest BCUT2D eigenvalue weighted by Gasteiger charge is 2.41. The van der Waals surface area contributed by atoms with Crippen molar-refractivity contribution in [3.05, 3.63) is 80.5 Å². The molecule has 2 atom stereocenters. The fraction of sp³-hybridized carbons (Fsp3) is 0.158. The summed E-state index contributed by atoms with van der Waals surface area (Å²) in [7, 11) is 0. The molecular weight excluding hydrogens is 433 g/mol. The number of pyridine rings is 1. The van der Waals surface area contributed by atoms with Crippen molar-refractivity contribution in [1.82, 2.24) is 10.3 Å². The molecule has 1 N–H and O–H groups in total. The first-order valence-electron chi connectivity index (χ1n) is 8.06. The summed E-state index contributed by atoms with van der Waals surface area (Å²) in [4.78, 5) is 7.73. The van der Waals surface area contributed by atoms with Crippen LogP contribution in [0.1, 0.15) is 28.2 Å². The second-order valence-electron chi connectivity index (χ2n) is 6.07. The van der Waals surface area contributed by atoms with Gasteiger partial charge >= 0.3 is 0 Å². The van der Waals surface area contributed by atoms with Crippen molar-refractivity contribution in [2.75, 3.05) is 4.90 Å². The lowest BCUT2D eigenvalue weighted by Crippen LogP contribution is -2.29. The third kappa shape index (κ3) is 3.15. The van der Waals surface area contributed by atoms with Crippen molar-refractivity contribution in [2.45, 2.75) is 19.0 Å². The molecule has 0 saturated carbocycles. The molecule has 0 bridgehead atoms. The van der Waals surface area contributed by atoms with Gasteiger partial charge in [0.05, 0.1) is 21.6 Å². The number of thiophene rings is 1. The number of aryl methyl sites for hydroxylation is 1. The zero-order chi connectivity index (χ0) is 18.3. The smallest absolute Gasteiger partial charge is 0.174 e. The minimum atomic E-state index is -0.219. The maximum absolute atomic E-state index is 13.8. The Morgan fingerprint density at radius 1 is 1.23 bits per heavy atom. The molecule has 1 aliphatic heterocycles. The third-order valence-corrected chi connectivity index (χ3v) is 6.41. The fourth-order valence-corrected chi connectivity index (χ4v) is 5.09. The Morgan fingerprint density at radius 3 is 2.73 bits per heavy atom. The predicted octanol–water partition coefficient (Wildman–Crippen LogP) is 5.53. The Bertz CT molecular complexity index is 960. The maximum atomic E-state index is 13.8. The van der Waals surface area contributed by atoms with Gasteiger partial charge in [0.1, 0.15) is 5.82 Å². The summed E-state index contributed by atoms with van der Waals surface area (Å²) in [6.07, 6.45) is 1.78. The van der Waals surface area contributed by atoms with Gasteiger partial charge < -0.3 is 10.2 Å². The van der Waals surface area contributed by atoms with Crippen LogP contribution in [0.4, 0.5) is 10.1 Å². The van der Waals surface area contributed by atoms with Crippen LogP contribution >= 0.6 is 39.5 Å². The van der Waals surface area contributed by atoms with Gasteiger partial charge in [-0.2, -0.15) is 0 Å². The SMILES string of the molecule is Cc1cc(N2C(=S)N[C@H](c3ccccn3)[C@H]2c2ccc(Br)s2)ccc1F. The van der Waals surface area contributed by atoms with E-state index in [1.807, 2.05) is 30.3 Å². The summed E-state index contributed by atoms with van der Waals surface area (Å²) < 4.78 is 14.8. The molecule has 0 aliphatic carbocycles. The molecule has 1 aromatic carbocycles. The highest BCUT2D eigenvalue weighted by molar-refractivity contribution is 9.11. The third-order valence-electron chi connectivity index (χ3n) is 4.40. The Balaban J connectivity index is 1.83. The zero-order valence-corrected chi connectivity index (χ0v) is 17.0. The number of nitrogens with one attached hydrogen (secondary N) is 1. The van der Waals surface area contributed by atoms with E-state index >= 15 is 0 Å². The van der Waals surface area contributed by atoms with Gasteiger partial charge in [0.15, 0.2) is 5.11 Å². The summed E-state index contributed by atoms with van der Waals surface area (Å²) in [6, 6.07) is 14.9. The minimum Gasteiger partial charge on any atom is -0.351 e. The number of benzene rings is 1. The Labute approximate surface area is 169 Å². The zero-order valence-electron chi connectivity index (χ0n) is 13.8. The lowest BCUT2D eigenvalue weighted by molar-refractivity contribution is 0.574. The molecule has 4 rings (SSSR count). The summed E-state index contributed by atoms with van der Waals surface area (Å²) >= 11 is 10.9. The van der Waals surface area contributed by atoms with Crippen molar-refractivity contribution in [2.24, 2.45) is 0 Å². The Kier molecular flexibility index (Phi) is 4.77. The lowest BCUT2D eigenvalue weighted by atomic mass is 10.0. The predicted molar refractivity (Wildman–Crippen MR) is 111 cm³/mol. The van der Waals surface area contributed by atoms with Gasteiger partial charge in [0, 0.05) is 16.8 Å². The van der Waals surface area contributed by atoms with Crippen molar-refractivity contribution >= 4 is 50.3 Å². The van der Waals surface area contributed by atoms with E-state index in [-0.39, 0.29) is 17.9 Å². The molecule has 3 heterocycles. The quantitative estimate of drug-likeness (QED) is 0.534. The second-order valence-corrected chi connectivity index (χ2v) is 8.95. The maximum Gasteiger partial charge on any atom is 0.174 e. The summed E-state index contributed by atoms with van der Waals surface area (Å²) in [5, 5.41) is 4.02. The summed E-state index contributed by atoms with van der Waals surface area (Å²) in [5.74, 6) is -0.219. The van der Waals surface area contributed by atoms with Crippen LogP contribution in [0.15, 0.2) is 58.5 Å². The molecule has 1 saturated heterocycles. The van der Waals surface area contributed by atoms with Crippen LogP contribution in [0.5, 0.6) is 0 Å². The van der Waals surface area contributed by atoms with Gasteiger partial charge in [0.25, 0.3) is 0 Å². The molecule has 1 aliphatic rings. The highest BCUT2D eigenvalue weighted by atomic mass is 79.9. The van der Waals surface area contributed by atoms with Crippen LogP contribution in [0.25, 0.3) is 0 Å². The van der Waals surface area contributed by atoms with Gasteiger partial charge in [0.2, 0.25) is 0 Å². The van der Waals surface area contributed by atoms with Crippen LogP contribution in [0, 0.1) is 12.7 Å². The van der Waals surface area contributed by atoms with Crippen LogP contribution in [0.3, 0.4) is 0 Å². The van der Waals surface area contributed by atoms with Crippen molar-refractivity contribution in [3.8, 4) is 0 Å². The summed E-state index contributed by atoms with van der Waals surface area (Å²) in [5.41, 5.74) is 2.39. The highest BCUT2D eigenvalue weighted by Crippen LogP contribution is 2.44. The summed E-state index contributed by atoms with van der Waals surface area (Å²) in [6.45, 7) is 1.76. The minimum absolute atomic E-state index is 0.0569. The molecule has 0 radical (unpaired) electrons. The normalized spacial score (nSPS) is 19.7. The number of aromatic nitrogens is 1. The van der Waals surface area contributed by atoms with Gasteiger partial charge in [-0.05, 0) is 83.1 Å². The van der Waals surface area contributed by atoms with Crippen molar-refractivity contribution in [1.29, 1.82) is 0 Å². The van der Waals surface area contributed by atoms with Crippen LogP contribution in [-0.4, -0.2) is 10.1 Å². The molecule has 2 aromatic heterocycles. The number of halogens is 2. The van der Waals surface area contributed by atoms with Gasteiger partial charge in [-0.25, -0.2) is 4.39 Å². The average molecular weight is 448 g/mol. The van der Waals surface area contributed by atoms with E-state index < -0.39 is 0 Å². The van der Waals surface area contributed by atoms with E-state index in [1.165, 1.54) is 6.07 Å². The number of hydrogen-bond donors (Lipinski definition) is 1. The molecule has 3 aromatic rings. The Morgan fingerprint density at radius 2 is 2.08 bits per heavy atom. The lowest BCUT2D eigenvalue weighted by Gasteiger charge is -2.27. The van der Waals surface area contributed by atoms with E-state index in [2.05, 4.69) is 37.2 Å². The number of anilines is 1. The molecule has 0 unspecified atom stereocenters. The molecule has 1 fully saturated rings. The first kappa shape index (κ1) is 17.6. The topological polar surface area (TPSA) is 28.2 Å². The van der Waals surface area contributed by atoms with E-state index in [4.69, 9.17) is 12.2 Å². The van der Waals surface area contributed by atoms with E-state index in [0.29, 0.717) is 10.7 Å². The van der Waals surface area contributed by atoms with Gasteiger partial charge in [-0.15, -0.1) is 11.3 Å². The first-order chi connectivity index (χ1) is 12.5. The van der Waals surface area contributed by atoms with Crippen molar-refractivity contribution < 1.29 is 4.39 Å². The van der Waals surface area contributed by atoms with Gasteiger partial charge in [-0.1, -0.05) is 6.07 Å². The van der Waals surface area contributed by atoms with Crippen LogP contribution in [0.2, 0.25) is 0 Å². The molecule has 132 valence electrons. The molecule has 3 nitrogen and oxygen atoms in total. The number of hydrogen-bond acceptors (Lipinski definition) is 3. The molecule has 0 spiro atoms. The Hall–Kier alpha value is -1.83. The number of rotatable bonds is 3. The van der Waals surface area contributed by atoms with E-state index in [0.717, 1.165) is 20.0 Å². The van der Waals surface area contributed by atoms with Crippen LogP contribution in [-0.2, 0) is 0 Å². The fourth-order valence-electron chi connectivity index (χ4n) is 3.19. The van der Waals surface area contributed by atoms with Gasteiger partial charge in [-0.3, -0.25) is 4.98 Å². The van der Waals surface area contributed by atoms with E-state index in [1.54, 1.807) is 30.5 Å². The first-order valence-corrected chi connectivity index (χ1v) is 10.1. The van der Waals surface area contributed by atoms with Crippen LogP contribution < -0.4 is 10.2 Å².